The predicted octanol–water partition coefficient (Wildman–Crippen LogP) is 7.90. The van der Waals surface area contributed by atoms with E-state index >= 15 is 0 Å². The fourth-order valence-corrected chi connectivity index (χ4v) is 4.63. The summed E-state index contributed by atoms with van der Waals surface area (Å²) in [6.07, 6.45) is -3.00. The summed E-state index contributed by atoms with van der Waals surface area (Å²) in [5, 5.41) is 1.05. The van der Waals surface area contributed by atoms with Crippen LogP contribution in [0.1, 0.15) is 22.3 Å². The Morgan fingerprint density at radius 3 is 2.41 bits per heavy atom. The maximum absolute atomic E-state index is 13.9. The topological polar surface area (TPSA) is 42.1 Å². The first-order chi connectivity index (χ1) is 17.7. The molecule has 0 amide bonds. The second-order valence-electron chi connectivity index (χ2n) is 9.08. The van der Waals surface area contributed by atoms with E-state index in [0.717, 1.165) is 44.8 Å². The van der Waals surface area contributed by atoms with E-state index in [1.807, 2.05) is 68.6 Å². The fourth-order valence-electron chi connectivity index (χ4n) is 4.63. The molecule has 0 aliphatic heterocycles. The molecule has 0 atom stereocenters. The zero-order valence-electron chi connectivity index (χ0n) is 20.1. The number of rotatable bonds is 4. The van der Waals surface area contributed by atoms with Crippen molar-refractivity contribution in [2.75, 3.05) is 0 Å². The summed E-state index contributed by atoms with van der Waals surface area (Å²) in [6.45, 7) is 11.2. The van der Waals surface area contributed by atoms with Gasteiger partial charge >= 0.3 is 6.18 Å². The molecule has 3 aromatic carbocycles. The third-order valence-corrected chi connectivity index (χ3v) is 6.57. The van der Waals surface area contributed by atoms with Crippen LogP contribution < -0.4 is 5.56 Å². The van der Waals surface area contributed by atoms with Gasteiger partial charge < -0.3 is 9.55 Å². The number of benzene rings is 3. The average Bonchev–Trinajstić information content (AvgIpc) is 3.34. The monoisotopic (exact) mass is 497 g/mol. The van der Waals surface area contributed by atoms with Gasteiger partial charge in [-0.1, -0.05) is 54.1 Å². The molecule has 184 valence electrons. The van der Waals surface area contributed by atoms with E-state index in [9.17, 15) is 18.0 Å². The van der Waals surface area contributed by atoms with Gasteiger partial charge in [-0.05, 0) is 71.3 Å². The second-order valence-corrected chi connectivity index (χ2v) is 9.08. The van der Waals surface area contributed by atoms with E-state index in [2.05, 4.69) is 9.83 Å². The number of halogens is 3. The minimum Gasteiger partial charge on any atom is -0.361 e. The molecule has 0 unspecified atom stereocenters. The van der Waals surface area contributed by atoms with Gasteiger partial charge in [-0.3, -0.25) is 4.79 Å². The number of alkyl halides is 3. The predicted molar refractivity (Wildman–Crippen MR) is 140 cm³/mol. The van der Waals surface area contributed by atoms with E-state index in [1.54, 1.807) is 18.2 Å². The van der Waals surface area contributed by atoms with E-state index in [4.69, 9.17) is 6.57 Å². The van der Waals surface area contributed by atoms with Crippen molar-refractivity contribution in [3.8, 4) is 22.4 Å². The van der Waals surface area contributed by atoms with Crippen molar-refractivity contribution in [3.63, 3.8) is 0 Å². The molecule has 37 heavy (non-hydrogen) atoms. The molecule has 0 aliphatic carbocycles. The van der Waals surface area contributed by atoms with Gasteiger partial charge in [0, 0.05) is 17.4 Å². The Hall–Kier alpha value is -4.57. The van der Waals surface area contributed by atoms with Gasteiger partial charge in [-0.25, -0.2) is 4.85 Å². The van der Waals surface area contributed by atoms with Crippen LogP contribution in [0.25, 0.3) is 38.1 Å². The molecule has 0 radical (unpaired) electrons. The van der Waals surface area contributed by atoms with Crippen molar-refractivity contribution in [1.82, 2.24) is 9.55 Å². The lowest BCUT2D eigenvalue weighted by Crippen LogP contribution is -2.25. The molecule has 5 aromatic rings. The van der Waals surface area contributed by atoms with Crippen LogP contribution in [0.15, 0.2) is 83.8 Å². The molecule has 5 rings (SSSR count). The number of fused-ring (bicyclic) bond motifs is 1. The average molecular weight is 498 g/mol. The lowest BCUT2D eigenvalue weighted by Gasteiger charge is -2.19. The minimum absolute atomic E-state index is 0.0413. The van der Waals surface area contributed by atoms with Crippen LogP contribution in [-0.4, -0.2) is 9.55 Å². The largest absolute Gasteiger partial charge is 0.407 e. The molecule has 2 heterocycles. The SMILES string of the molecule is [C-]#[N+]c1c(C(F)(F)F)cc(-c2cccc(-c3ccc4cc[nH]c4c3)c2)n(Cc2ccc(C)cc2C)c1=O. The molecule has 0 spiro atoms. The van der Waals surface area contributed by atoms with Crippen LogP contribution in [0.2, 0.25) is 0 Å². The standard InChI is InChI=1S/C30H22F3N3O/c1-18-7-8-24(19(2)13-18)17-36-27(16-25(30(31,32)33)28(34-3)29(36)37)23-6-4-5-21(14-23)22-10-9-20-11-12-35-26(20)15-22/h4-16,35H,17H2,1-2H3. The Balaban J connectivity index is 1.73. The second kappa shape index (κ2) is 9.14. The van der Waals surface area contributed by atoms with Crippen LogP contribution in [0, 0.1) is 20.4 Å². The van der Waals surface area contributed by atoms with Crippen molar-refractivity contribution in [2.45, 2.75) is 26.6 Å². The Labute approximate surface area is 211 Å². The normalized spacial score (nSPS) is 11.6. The summed E-state index contributed by atoms with van der Waals surface area (Å²) >= 11 is 0. The summed E-state index contributed by atoms with van der Waals surface area (Å²) in [6, 6.07) is 21.6. The maximum Gasteiger partial charge on any atom is 0.407 e. The highest BCUT2D eigenvalue weighted by atomic mass is 19.4. The quantitative estimate of drug-likeness (QED) is 0.252. The highest BCUT2D eigenvalue weighted by Gasteiger charge is 2.36. The first-order valence-electron chi connectivity index (χ1n) is 11.6. The maximum atomic E-state index is 13.9. The first kappa shape index (κ1) is 24.1. The van der Waals surface area contributed by atoms with Crippen molar-refractivity contribution >= 4 is 16.6 Å². The lowest BCUT2D eigenvalue weighted by atomic mass is 9.99. The Kier molecular flexibility index (Phi) is 5.96. The molecule has 0 aliphatic rings. The van der Waals surface area contributed by atoms with Gasteiger partial charge in [0.1, 0.15) is 0 Å². The molecule has 0 saturated heterocycles. The smallest absolute Gasteiger partial charge is 0.361 e. The summed E-state index contributed by atoms with van der Waals surface area (Å²) in [5.74, 6) is 0. The molecular weight excluding hydrogens is 475 g/mol. The van der Waals surface area contributed by atoms with Crippen molar-refractivity contribution in [2.24, 2.45) is 0 Å². The Morgan fingerprint density at radius 2 is 1.68 bits per heavy atom. The number of nitrogens with zero attached hydrogens (tertiary/aromatic N) is 2. The molecule has 7 heteroatoms. The van der Waals surface area contributed by atoms with Gasteiger partial charge in [0.05, 0.1) is 18.7 Å². The zero-order chi connectivity index (χ0) is 26.3. The highest BCUT2D eigenvalue weighted by molar-refractivity contribution is 5.85. The molecule has 2 aromatic heterocycles. The number of aromatic nitrogens is 2. The van der Waals surface area contributed by atoms with Crippen molar-refractivity contribution in [3.05, 3.63) is 123 Å². The van der Waals surface area contributed by atoms with Gasteiger partial charge in [0.25, 0.3) is 11.2 Å². The van der Waals surface area contributed by atoms with Gasteiger partial charge in [-0.2, -0.15) is 13.2 Å². The molecule has 4 nitrogen and oxygen atoms in total. The number of hydrogen-bond donors (Lipinski definition) is 1. The van der Waals surface area contributed by atoms with Crippen LogP contribution in [-0.2, 0) is 12.7 Å². The number of pyridine rings is 1. The van der Waals surface area contributed by atoms with E-state index in [1.165, 1.54) is 4.57 Å². The molecule has 0 bridgehead atoms. The van der Waals surface area contributed by atoms with Crippen LogP contribution in [0.3, 0.4) is 0 Å². The zero-order valence-corrected chi connectivity index (χ0v) is 20.1. The molecule has 1 N–H and O–H groups in total. The molecule has 0 saturated carbocycles. The van der Waals surface area contributed by atoms with Gasteiger partial charge in [0.15, 0.2) is 0 Å². The number of nitrogens with one attached hydrogen (secondary N) is 1. The van der Waals surface area contributed by atoms with Crippen molar-refractivity contribution in [1.29, 1.82) is 0 Å². The van der Waals surface area contributed by atoms with Crippen molar-refractivity contribution < 1.29 is 13.2 Å². The highest BCUT2D eigenvalue weighted by Crippen LogP contribution is 2.38. The Morgan fingerprint density at radius 1 is 0.919 bits per heavy atom. The third-order valence-electron chi connectivity index (χ3n) is 6.57. The Bertz CT molecular complexity index is 1750. The number of aryl methyl sites for hydroxylation is 2. The van der Waals surface area contributed by atoms with Crippen LogP contribution >= 0.6 is 0 Å². The number of H-pyrrole nitrogens is 1. The summed E-state index contributed by atoms with van der Waals surface area (Å²) < 4.78 is 43.1. The minimum atomic E-state index is -4.84. The third kappa shape index (κ3) is 4.54. The van der Waals surface area contributed by atoms with E-state index < -0.39 is 23.0 Å². The fraction of sp³-hybridized carbons (Fsp3) is 0.133. The summed E-state index contributed by atoms with van der Waals surface area (Å²) in [5.41, 5.74) is 2.81. The molecule has 0 fully saturated rings. The lowest BCUT2D eigenvalue weighted by molar-refractivity contribution is -0.136. The van der Waals surface area contributed by atoms with Gasteiger partial charge in [0.2, 0.25) is 0 Å². The number of aromatic amines is 1. The summed E-state index contributed by atoms with van der Waals surface area (Å²) in [4.78, 5) is 19.5. The van der Waals surface area contributed by atoms with Crippen LogP contribution in [0.5, 0.6) is 0 Å². The van der Waals surface area contributed by atoms with Gasteiger partial charge in [-0.15, -0.1) is 0 Å². The number of hydrogen-bond acceptors (Lipinski definition) is 1. The summed E-state index contributed by atoms with van der Waals surface area (Å²) in [7, 11) is 0. The van der Waals surface area contributed by atoms with E-state index in [-0.39, 0.29) is 12.2 Å². The van der Waals surface area contributed by atoms with Crippen LogP contribution in [0.4, 0.5) is 18.9 Å². The first-order valence-corrected chi connectivity index (χ1v) is 11.6. The van der Waals surface area contributed by atoms with E-state index in [0.29, 0.717) is 5.56 Å². The molecular formula is C30H22F3N3O.